The van der Waals surface area contributed by atoms with Gasteiger partial charge in [0.05, 0.1) is 7.11 Å². The number of nitrogens with zero attached hydrogens (tertiary/aromatic N) is 1. The topological polar surface area (TPSA) is 32.7 Å². The number of para-hydroxylation sites is 1. The Hall–Kier alpha value is -1.22. The highest BCUT2D eigenvalue weighted by atomic mass is 16.5. The van der Waals surface area contributed by atoms with E-state index in [2.05, 4.69) is 18.7 Å². The average molecular weight is 249 g/mol. The molecule has 0 amide bonds. The number of phenols is 1. The smallest absolute Gasteiger partial charge is 0.162 e. The molecule has 0 radical (unpaired) electrons. The lowest BCUT2D eigenvalue weighted by molar-refractivity contribution is 0.131. The van der Waals surface area contributed by atoms with E-state index in [9.17, 15) is 5.11 Å². The molecule has 0 aliphatic carbocycles. The van der Waals surface area contributed by atoms with Gasteiger partial charge in [0.15, 0.2) is 11.5 Å². The van der Waals surface area contributed by atoms with Crippen molar-refractivity contribution in [2.75, 3.05) is 20.2 Å². The zero-order chi connectivity index (χ0) is 13.1. The fourth-order valence-corrected chi connectivity index (χ4v) is 2.59. The molecule has 1 aliphatic rings. The SMILES string of the molecule is COc1cccc(CN2CCC(C)C(C)C2)c1O. The van der Waals surface area contributed by atoms with Crippen molar-refractivity contribution >= 4 is 0 Å². The number of hydrogen-bond acceptors (Lipinski definition) is 3. The fraction of sp³-hybridized carbons (Fsp3) is 0.600. The molecule has 1 N–H and O–H groups in total. The molecule has 1 heterocycles. The van der Waals surface area contributed by atoms with Gasteiger partial charge in [-0.2, -0.15) is 0 Å². The number of hydrogen-bond donors (Lipinski definition) is 1. The molecule has 3 heteroatoms. The van der Waals surface area contributed by atoms with Crippen LogP contribution < -0.4 is 4.74 Å². The van der Waals surface area contributed by atoms with Gasteiger partial charge in [0.25, 0.3) is 0 Å². The summed E-state index contributed by atoms with van der Waals surface area (Å²) in [6.45, 7) is 7.66. The first-order chi connectivity index (χ1) is 8.61. The van der Waals surface area contributed by atoms with Crippen LogP contribution in [0.4, 0.5) is 0 Å². The molecule has 0 bridgehead atoms. The second-order valence-corrected chi connectivity index (χ2v) is 5.45. The fourth-order valence-electron chi connectivity index (χ4n) is 2.59. The molecular weight excluding hydrogens is 226 g/mol. The van der Waals surface area contributed by atoms with Crippen molar-refractivity contribution in [3.63, 3.8) is 0 Å². The van der Waals surface area contributed by atoms with Gasteiger partial charge in [0.2, 0.25) is 0 Å². The van der Waals surface area contributed by atoms with Crippen molar-refractivity contribution in [2.45, 2.75) is 26.8 Å². The van der Waals surface area contributed by atoms with Crippen LogP contribution >= 0.6 is 0 Å². The molecule has 2 rings (SSSR count). The monoisotopic (exact) mass is 249 g/mol. The largest absolute Gasteiger partial charge is 0.504 e. The van der Waals surface area contributed by atoms with Crippen LogP contribution in [0.25, 0.3) is 0 Å². The first-order valence-electron chi connectivity index (χ1n) is 6.69. The average Bonchev–Trinajstić information content (AvgIpc) is 2.36. The predicted molar refractivity (Wildman–Crippen MR) is 72.9 cm³/mol. The van der Waals surface area contributed by atoms with E-state index in [-0.39, 0.29) is 5.75 Å². The molecule has 1 saturated heterocycles. The predicted octanol–water partition coefficient (Wildman–Crippen LogP) is 2.88. The zero-order valence-electron chi connectivity index (χ0n) is 11.5. The lowest BCUT2D eigenvalue weighted by atomic mass is 9.88. The van der Waals surface area contributed by atoms with Gasteiger partial charge in [-0.3, -0.25) is 4.90 Å². The molecule has 0 saturated carbocycles. The Morgan fingerprint density at radius 2 is 2.11 bits per heavy atom. The molecule has 100 valence electrons. The van der Waals surface area contributed by atoms with Crippen LogP contribution in [-0.2, 0) is 6.54 Å². The van der Waals surface area contributed by atoms with Gasteiger partial charge < -0.3 is 9.84 Å². The standard InChI is InChI=1S/C15H23NO2/c1-11-7-8-16(9-12(11)2)10-13-5-4-6-14(18-3)15(13)17/h4-6,11-12,17H,7-10H2,1-3H3. The van der Waals surface area contributed by atoms with Gasteiger partial charge in [-0.15, -0.1) is 0 Å². The summed E-state index contributed by atoms with van der Waals surface area (Å²) in [5, 5.41) is 10.1. The summed E-state index contributed by atoms with van der Waals surface area (Å²) in [6.07, 6.45) is 1.24. The van der Waals surface area contributed by atoms with Gasteiger partial charge in [-0.05, 0) is 30.9 Å². The zero-order valence-corrected chi connectivity index (χ0v) is 11.5. The summed E-state index contributed by atoms with van der Waals surface area (Å²) in [4.78, 5) is 2.42. The summed E-state index contributed by atoms with van der Waals surface area (Å²) in [7, 11) is 1.59. The molecule has 1 aliphatic heterocycles. The van der Waals surface area contributed by atoms with E-state index in [1.165, 1.54) is 6.42 Å². The minimum absolute atomic E-state index is 0.284. The molecule has 2 atom stereocenters. The van der Waals surface area contributed by atoms with Crippen molar-refractivity contribution in [3.8, 4) is 11.5 Å². The van der Waals surface area contributed by atoms with Crippen molar-refractivity contribution in [1.82, 2.24) is 4.90 Å². The van der Waals surface area contributed by atoms with E-state index in [1.807, 2.05) is 12.1 Å². The summed E-state index contributed by atoms with van der Waals surface area (Å²) in [5.41, 5.74) is 0.955. The first kappa shape index (κ1) is 13.2. The molecule has 1 aromatic rings. The third-order valence-corrected chi connectivity index (χ3v) is 4.11. The highest BCUT2D eigenvalue weighted by molar-refractivity contribution is 5.45. The Balaban J connectivity index is 2.06. The van der Waals surface area contributed by atoms with E-state index in [0.29, 0.717) is 5.75 Å². The Morgan fingerprint density at radius 3 is 2.78 bits per heavy atom. The van der Waals surface area contributed by atoms with Crippen LogP contribution in [0.5, 0.6) is 11.5 Å². The number of benzene rings is 1. The van der Waals surface area contributed by atoms with E-state index in [1.54, 1.807) is 13.2 Å². The Morgan fingerprint density at radius 1 is 1.33 bits per heavy atom. The number of phenolic OH excluding ortho intramolecular Hbond substituents is 1. The maximum atomic E-state index is 10.1. The van der Waals surface area contributed by atoms with Gasteiger partial charge in [0, 0.05) is 18.7 Å². The second-order valence-electron chi connectivity index (χ2n) is 5.45. The van der Waals surface area contributed by atoms with Gasteiger partial charge in [-0.25, -0.2) is 0 Å². The minimum Gasteiger partial charge on any atom is -0.504 e. The first-order valence-corrected chi connectivity index (χ1v) is 6.69. The quantitative estimate of drug-likeness (QED) is 0.894. The number of likely N-dealkylation sites (tertiary alicyclic amines) is 1. The van der Waals surface area contributed by atoms with E-state index >= 15 is 0 Å². The Labute approximate surface area is 109 Å². The van der Waals surface area contributed by atoms with Crippen LogP contribution in [0, 0.1) is 11.8 Å². The number of aromatic hydroxyl groups is 1. The molecule has 1 fully saturated rings. The normalized spacial score (nSPS) is 25.1. The maximum absolute atomic E-state index is 10.1. The Kier molecular flexibility index (Phi) is 4.12. The van der Waals surface area contributed by atoms with Crippen LogP contribution in [-0.4, -0.2) is 30.2 Å². The lowest BCUT2D eigenvalue weighted by Crippen LogP contribution is -2.37. The molecule has 0 spiro atoms. The lowest BCUT2D eigenvalue weighted by Gasteiger charge is -2.35. The molecule has 3 nitrogen and oxygen atoms in total. The molecular formula is C15H23NO2. The third kappa shape index (κ3) is 2.78. The van der Waals surface area contributed by atoms with Gasteiger partial charge in [-0.1, -0.05) is 26.0 Å². The maximum Gasteiger partial charge on any atom is 0.162 e. The highest BCUT2D eigenvalue weighted by Crippen LogP contribution is 2.31. The van der Waals surface area contributed by atoms with Crippen LogP contribution in [0.3, 0.4) is 0 Å². The summed E-state index contributed by atoms with van der Waals surface area (Å²) < 4.78 is 5.14. The summed E-state index contributed by atoms with van der Waals surface area (Å²) in [6, 6.07) is 5.70. The van der Waals surface area contributed by atoms with E-state index < -0.39 is 0 Å². The summed E-state index contributed by atoms with van der Waals surface area (Å²) in [5.74, 6) is 2.38. The van der Waals surface area contributed by atoms with Crippen LogP contribution in [0.2, 0.25) is 0 Å². The van der Waals surface area contributed by atoms with E-state index in [4.69, 9.17) is 4.74 Å². The number of rotatable bonds is 3. The van der Waals surface area contributed by atoms with Gasteiger partial charge >= 0.3 is 0 Å². The van der Waals surface area contributed by atoms with Crippen molar-refractivity contribution in [2.24, 2.45) is 11.8 Å². The summed E-state index contributed by atoms with van der Waals surface area (Å²) >= 11 is 0. The second kappa shape index (κ2) is 5.61. The molecule has 0 aromatic heterocycles. The van der Waals surface area contributed by atoms with Crippen LogP contribution in [0.15, 0.2) is 18.2 Å². The number of methoxy groups -OCH3 is 1. The van der Waals surface area contributed by atoms with E-state index in [0.717, 1.165) is 37.0 Å². The van der Waals surface area contributed by atoms with Crippen molar-refractivity contribution in [3.05, 3.63) is 23.8 Å². The van der Waals surface area contributed by atoms with Crippen molar-refractivity contribution in [1.29, 1.82) is 0 Å². The number of piperidine rings is 1. The third-order valence-electron chi connectivity index (χ3n) is 4.11. The molecule has 18 heavy (non-hydrogen) atoms. The van der Waals surface area contributed by atoms with Gasteiger partial charge in [0.1, 0.15) is 0 Å². The molecule has 1 aromatic carbocycles. The van der Waals surface area contributed by atoms with Crippen molar-refractivity contribution < 1.29 is 9.84 Å². The Bertz CT molecular complexity index is 405. The highest BCUT2D eigenvalue weighted by Gasteiger charge is 2.23. The minimum atomic E-state index is 0.284. The number of ether oxygens (including phenoxy) is 1. The van der Waals surface area contributed by atoms with Crippen LogP contribution in [0.1, 0.15) is 25.8 Å². The molecule has 2 unspecified atom stereocenters.